The van der Waals surface area contributed by atoms with Crippen molar-refractivity contribution in [1.29, 1.82) is 0 Å². The summed E-state index contributed by atoms with van der Waals surface area (Å²) < 4.78 is 0. The van der Waals surface area contributed by atoms with Crippen LogP contribution in [-0.2, 0) is 0 Å². The van der Waals surface area contributed by atoms with Crippen molar-refractivity contribution in [2.24, 2.45) is 17.3 Å². The first-order chi connectivity index (χ1) is 6.65. The van der Waals surface area contributed by atoms with Crippen LogP contribution in [-0.4, -0.2) is 11.5 Å². The Bertz CT molecular complexity index is 227. The average Bonchev–Trinajstić information content (AvgIpc) is 2.61. The van der Waals surface area contributed by atoms with Crippen LogP contribution in [0.3, 0.4) is 0 Å². The molecule has 0 aromatic carbocycles. The summed E-state index contributed by atoms with van der Waals surface area (Å²) in [6, 6.07) is 0. The molecule has 0 N–H and O–H groups in total. The van der Waals surface area contributed by atoms with Crippen LogP contribution in [0.25, 0.3) is 0 Å². The maximum atomic E-state index is 10.6. The topological polar surface area (TPSA) is 43.1 Å². The van der Waals surface area contributed by atoms with Gasteiger partial charge in [0.25, 0.3) is 0 Å². The molecule has 0 amide bonds. The van der Waals surface area contributed by atoms with E-state index in [0.29, 0.717) is 0 Å². The van der Waals surface area contributed by atoms with Crippen LogP contribution in [0.4, 0.5) is 0 Å². The Balaban J connectivity index is 2.05. The molecule has 3 heteroatoms. The van der Waals surface area contributed by atoms with E-state index in [1.165, 1.54) is 19.3 Å². The number of hydrogen-bond acceptors (Lipinski definition) is 2. The molecule has 3 atom stereocenters. The molecule has 0 saturated heterocycles. The molecule has 0 heterocycles. The fourth-order valence-corrected chi connectivity index (χ4v) is 3.65. The lowest BCUT2D eigenvalue weighted by Crippen LogP contribution is -2.27. The monoisotopic (exact) mass is 197 g/mol. The largest absolute Gasteiger partial charge is 0.265 e. The van der Waals surface area contributed by atoms with Gasteiger partial charge in [0, 0.05) is 10.3 Å². The lowest BCUT2D eigenvalue weighted by Gasteiger charge is -2.23. The second-order valence-electron chi connectivity index (χ2n) is 5.20. The van der Waals surface area contributed by atoms with E-state index < -0.39 is 0 Å². The molecule has 0 spiro atoms. The van der Waals surface area contributed by atoms with Gasteiger partial charge in [0.1, 0.15) is 0 Å². The van der Waals surface area contributed by atoms with Crippen LogP contribution in [0.2, 0.25) is 0 Å². The van der Waals surface area contributed by atoms with Crippen LogP contribution in [0.5, 0.6) is 0 Å². The Morgan fingerprint density at radius 3 is 2.36 bits per heavy atom. The summed E-state index contributed by atoms with van der Waals surface area (Å²) in [6.07, 6.45) is 7.23. The van der Waals surface area contributed by atoms with Crippen LogP contribution in [0.1, 0.15) is 45.4 Å². The predicted octanol–water partition coefficient (Wildman–Crippen LogP) is 2.87. The number of nitrogens with zero attached hydrogens (tertiary/aromatic N) is 1. The van der Waals surface area contributed by atoms with Gasteiger partial charge < -0.3 is 0 Å². The van der Waals surface area contributed by atoms with Crippen molar-refractivity contribution in [2.45, 2.75) is 45.4 Å². The Hall–Kier alpha value is -0.600. The second kappa shape index (κ2) is 3.52. The van der Waals surface area contributed by atoms with Gasteiger partial charge in [-0.1, -0.05) is 26.2 Å². The van der Waals surface area contributed by atoms with Crippen molar-refractivity contribution in [3.8, 4) is 0 Å². The van der Waals surface area contributed by atoms with E-state index in [1.54, 1.807) is 0 Å². The fraction of sp³-hybridized carbons (Fsp3) is 1.00. The average molecular weight is 197 g/mol. The molecule has 0 radical (unpaired) electrons. The lowest BCUT2D eigenvalue weighted by atomic mass is 9.81. The van der Waals surface area contributed by atoms with Gasteiger partial charge in [0.2, 0.25) is 6.54 Å². The van der Waals surface area contributed by atoms with Crippen molar-refractivity contribution in [1.82, 2.24) is 0 Å². The first kappa shape index (κ1) is 9.94. The predicted molar refractivity (Wildman–Crippen MR) is 54.7 cm³/mol. The van der Waals surface area contributed by atoms with Crippen molar-refractivity contribution < 1.29 is 4.92 Å². The van der Waals surface area contributed by atoms with E-state index in [-0.39, 0.29) is 16.9 Å². The fourth-order valence-electron chi connectivity index (χ4n) is 3.65. The molecule has 2 saturated carbocycles. The van der Waals surface area contributed by atoms with E-state index in [0.717, 1.165) is 31.1 Å². The number of fused-ring (bicyclic) bond motifs is 1. The minimum Gasteiger partial charge on any atom is -0.265 e. The van der Waals surface area contributed by atoms with E-state index >= 15 is 0 Å². The molecule has 0 bridgehead atoms. The summed E-state index contributed by atoms with van der Waals surface area (Å²) in [4.78, 5) is 10.5. The van der Waals surface area contributed by atoms with Gasteiger partial charge in [-0.25, -0.2) is 0 Å². The summed E-state index contributed by atoms with van der Waals surface area (Å²) in [6.45, 7) is 2.32. The molecule has 2 rings (SSSR count). The Kier molecular flexibility index (Phi) is 2.50. The minimum absolute atomic E-state index is 0.0548. The zero-order valence-electron chi connectivity index (χ0n) is 8.87. The molecule has 2 aliphatic carbocycles. The summed E-state index contributed by atoms with van der Waals surface area (Å²) in [5.41, 5.74) is 0.0548. The summed E-state index contributed by atoms with van der Waals surface area (Å²) >= 11 is 0. The summed E-state index contributed by atoms with van der Waals surface area (Å²) in [7, 11) is 0. The number of nitro groups is 1. The number of rotatable bonds is 3. The van der Waals surface area contributed by atoms with Gasteiger partial charge in [-0.3, -0.25) is 10.1 Å². The van der Waals surface area contributed by atoms with E-state index in [9.17, 15) is 10.1 Å². The Morgan fingerprint density at radius 1 is 1.36 bits per heavy atom. The van der Waals surface area contributed by atoms with Crippen molar-refractivity contribution in [3.63, 3.8) is 0 Å². The normalized spacial score (nSPS) is 41.2. The molecule has 0 aromatic rings. The van der Waals surface area contributed by atoms with Crippen LogP contribution < -0.4 is 0 Å². The second-order valence-corrected chi connectivity index (χ2v) is 5.20. The summed E-state index contributed by atoms with van der Waals surface area (Å²) in [5.74, 6) is 1.63. The third-order valence-corrected chi connectivity index (χ3v) is 4.42. The van der Waals surface area contributed by atoms with Gasteiger partial charge in [0.15, 0.2) is 0 Å². The first-order valence-electron chi connectivity index (χ1n) is 5.77. The van der Waals surface area contributed by atoms with Crippen molar-refractivity contribution in [2.75, 3.05) is 6.54 Å². The highest BCUT2D eigenvalue weighted by atomic mass is 16.6. The minimum atomic E-state index is -0.107. The molecule has 1 unspecified atom stereocenters. The molecule has 14 heavy (non-hydrogen) atoms. The third kappa shape index (κ3) is 1.64. The summed E-state index contributed by atoms with van der Waals surface area (Å²) in [5, 5.41) is 10.6. The molecular weight excluding hydrogens is 178 g/mol. The van der Waals surface area contributed by atoms with Crippen LogP contribution in [0.15, 0.2) is 0 Å². The lowest BCUT2D eigenvalue weighted by molar-refractivity contribution is -0.497. The maximum Gasteiger partial charge on any atom is 0.209 e. The molecule has 2 aliphatic rings. The highest BCUT2D eigenvalue weighted by molar-refractivity contribution is 4.95. The van der Waals surface area contributed by atoms with Crippen LogP contribution in [0, 0.1) is 27.4 Å². The zero-order chi connectivity index (χ0) is 10.2. The van der Waals surface area contributed by atoms with E-state index in [1.807, 2.05) is 0 Å². The standard InChI is InChI=1S/C11H19NO2/c1-2-11(8-12(13)14)6-9-4-3-5-10(9)7-11/h9-10H,2-8H2,1H3/t9-,10+,11?. The highest BCUT2D eigenvalue weighted by Gasteiger charge is 2.48. The van der Waals surface area contributed by atoms with Crippen molar-refractivity contribution in [3.05, 3.63) is 10.1 Å². The van der Waals surface area contributed by atoms with Gasteiger partial charge >= 0.3 is 0 Å². The molecule has 0 aliphatic heterocycles. The Morgan fingerprint density at radius 2 is 1.93 bits per heavy atom. The first-order valence-corrected chi connectivity index (χ1v) is 5.77. The van der Waals surface area contributed by atoms with E-state index in [2.05, 4.69) is 6.92 Å². The molecule has 0 aromatic heterocycles. The number of hydrogen-bond donors (Lipinski definition) is 0. The Labute approximate surface area is 85.0 Å². The SMILES string of the molecule is CCC1(C[N+](=O)[O-])C[C@H]2CCC[C@H]2C1. The van der Waals surface area contributed by atoms with Gasteiger partial charge in [0.05, 0.1) is 0 Å². The molecule has 3 nitrogen and oxygen atoms in total. The van der Waals surface area contributed by atoms with Crippen LogP contribution >= 0.6 is 0 Å². The van der Waals surface area contributed by atoms with E-state index in [4.69, 9.17) is 0 Å². The zero-order valence-corrected chi connectivity index (χ0v) is 8.87. The van der Waals surface area contributed by atoms with Gasteiger partial charge in [-0.05, 0) is 31.1 Å². The van der Waals surface area contributed by atoms with Crippen molar-refractivity contribution >= 4 is 0 Å². The third-order valence-electron chi connectivity index (χ3n) is 4.42. The quantitative estimate of drug-likeness (QED) is 0.515. The van der Waals surface area contributed by atoms with Gasteiger partial charge in [-0.15, -0.1) is 0 Å². The molecule has 2 fully saturated rings. The molecule has 80 valence electrons. The maximum absolute atomic E-state index is 10.6. The van der Waals surface area contributed by atoms with Gasteiger partial charge in [-0.2, -0.15) is 0 Å². The molecular formula is C11H19NO2. The smallest absolute Gasteiger partial charge is 0.209 e. The highest BCUT2D eigenvalue weighted by Crippen LogP contribution is 2.54.